The van der Waals surface area contributed by atoms with Crippen molar-refractivity contribution in [3.05, 3.63) is 34.9 Å². The number of aryl methyl sites for hydroxylation is 2. The van der Waals surface area contributed by atoms with Crippen LogP contribution < -0.4 is 0 Å². The number of benzene rings is 1. The average molecular weight is 232 g/mol. The van der Waals surface area contributed by atoms with Crippen LogP contribution in [0.1, 0.15) is 55.7 Å². The molecule has 0 fully saturated rings. The van der Waals surface area contributed by atoms with Gasteiger partial charge in [0.25, 0.3) is 0 Å². The predicted octanol–water partition coefficient (Wildman–Crippen LogP) is 4.39. The molecule has 0 radical (unpaired) electrons. The summed E-state index contributed by atoms with van der Waals surface area (Å²) in [6.07, 6.45) is 6.06. The largest absolute Gasteiger partial charge is 0.299 e. The smallest absolute Gasteiger partial charge is 0.137 e. The molecule has 0 heterocycles. The zero-order valence-corrected chi connectivity index (χ0v) is 11.4. The number of rotatable bonds is 7. The molecule has 1 rings (SSSR count). The lowest BCUT2D eigenvalue weighted by Gasteiger charge is -2.05. The Morgan fingerprint density at radius 1 is 1.06 bits per heavy atom. The fourth-order valence-corrected chi connectivity index (χ4v) is 1.98. The van der Waals surface area contributed by atoms with Gasteiger partial charge in [-0.25, -0.2) is 0 Å². The molecule has 0 spiro atoms. The van der Waals surface area contributed by atoms with E-state index in [1.807, 2.05) is 0 Å². The summed E-state index contributed by atoms with van der Waals surface area (Å²) in [5, 5.41) is 0. The Kier molecular flexibility index (Phi) is 5.96. The normalized spacial score (nSPS) is 10.5. The molecular formula is C16H24O. The topological polar surface area (TPSA) is 17.1 Å². The molecule has 0 aromatic heterocycles. The summed E-state index contributed by atoms with van der Waals surface area (Å²) in [5.41, 5.74) is 3.74. The second-order valence-corrected chi connectivity index (χ2v) is 4.94. The molecule has 1 aromatic rings. The van der Waals surface area contributed by atoms with E-state index in [1.165, 1.54) is 30.4 Å². The number of hydrogen-bond acceptors (Lipinski definition) is 1. The van der Waals surface area contributed by atoms with E-state index < -0.39 is 0 Å². The minimum Gasteiger partial charge on any atom is -0.299 e. The van der Waals surface area contributed by atoms with Crippen LogP contribution in [0.15, 0.2) is 18.2 Å². The first-order chi connectivity index (χ1) is 8.13. The highest BCUT2D eigenvalue weighted by Crippen LogP contribution is 2.12. The van der Waals surface area contributed by atoms with Crippen molar-refractivity contribution < 1.29 is 4.79 Å². The molecule has 0 aliphatic carbocycles. The molecule has 0 saturated heterocycles. The number of carbonyl (C=O) groups excluding carboxylic acids is 1. The van der Waals surface area contributed by atoms with Gasteiger partial charge in [0, 0.05) is 12.8 Å². The predicted molar refractivity (Wildman–Crippen MR) is 73.4 cm³/mol. The molecule has 0 amide bonds. The van der Waals surface area contributed by atoms with Crippen molar-refractivity contribution in [2.75, 3.05) is 0 Å². The Bertz CT molecular complexity index is 366. The van der Waals surface area contributed by atoms with E-state index in [0.29, 0.717) is 12.2 Å². The molecule has 0 aliphatic rings. The van der Waals surface area contributed by atoms with Crippen molar-refractivity contribution in [1.82, 2.24) is 0 Å². The monoisotopic (exact) mass is 232 g/mol. The summed E-state index contributed by atoms with van der Waals surface area (Å²) in [6.45, 7) is 6.40. The van der Waals surface area contributed by atoms with Crippen molar-refractivity contribution in [2.45, 2.75) is 59.3 Å². The van der Waals surface area contributed by atoms with Gasteiger partial charge in [0.15, 0.2) is 0 Å². The van der Waals surface area contributed by atoms with Gasteiger partial charge in [-0.2, -0.15) is 0 Å². The summed E-state index contributed by atoms with van der Waals surface area (Å²) in [5.74, 6) is 0.379. The third-order valence-corrected chi connectivity index (χ3v) is 3.28. The van der Waals surface area contributed by atoms with Crippen molar-refractivity contribution in [2.24, 2.45) is 0 Å². The third kappa shape index (κ3) is 5.16. The highest BCUT2D eigenvalue weighted by Gasteiger charge is 2.04. The van der Waals surface area contributed by atoms with Crippen LogP contribution in [0.3, 0.4) is 0 Å². The van der Waals surface area contributed by atoms with Gasteiger partial charge in [-0.05, 0) is 37.0 Å². The Morgan fingerprint density at radius 3 is 2.47 bits per heavy atom. The van der Waals surface area contributed by atoms with E-state index in [2.05, 4.69) is 39.0 Å². The van der Waals surface area contributed by atoms with Gasteiger partial charge in [0.1, 0.15) is 5.78 Å². The Labute approximate surface area is 105 Å². The van der Waals surface area contributed by atoms with Gasteiger partial charge in [-0.1, -0.05) is 44.4 Å². The molecular weight excluding hydrogens is 208 g/mol. The third-order valence-electron chi connectivity index (χ3n) is 3.28. The molecule has 0 saturated carbocycles. The Hall–Kier alpha value is -1.11. The van der Waals surface area contributed by atoms with Crippen LogP contribution in [0.5, 0.6) is 0 Å². The van der Waals surface area contributed by atoms with E-state index in [-0.39, 0.29) is 0 Å². The van der Waals surface area contributed by atoms with Crippen molar-refractivity contribution >= 4 is 5.78 Å². The minimum atomic E-state index is 0.379. The van der Waals surface area contributed by atoms with Crippen LogP contribution in [-0.2, 0) is 11.2 Å². The van der Waals surface area contributed by atoms with Crippen LogP contribution in [0.4, 0.5) is 0 Å². The number of hydrogen-bond donors (Lipinski definition) is 0. The van der Waals surface area contributed by atoms with E-state index in [9.17, 15) is 4.79 Å². The molecule has 1 aromatic carbocycles. The van der Waals surface area contributed by atoms with Gasteiger partial charge < -0.3 is 0 Å². The maximum absolute atomic E-state index is 11.8. The standard InChI is InChI=1S/C16H24O/c1-4-5-6-7-8-16(17)12-15-10-9-13(2)14(3)11-15/h9-11H,4-8,12H2,1-3H3. The number of unbranched alkanes of at least 4 members (excludes halogenated alkanes) is 3. The molecule has 0 aliphatic heterocycles. The lowest BCUT2D eigenvalue weighted by molar-refractivity contribution is -0.118. The highest BCUT2D eigenvalue weighted by atomic mass is 16.1. The van der Waals surface area contributed by atoms with Gasteiger partial charge in [-0.15, -0.1) is 0 Å². The van der Waals surface area contributed by atoms with E-state index in [0.717, 1.165) is 18.4 Å². The molecule has 1 heteroatoms. The van der Waals surface area contributed by atoms with E-state index in [1.54, 1.807) is 0 Å². The Morgan fingerprint density at radius 2 is 1.82 bits per heavy atom. The fourth-order valence-electron chi connectivity index (χ4n) is 1.98. The molecule has 1 nitrogen and oxygen atoms in total. The summed E-state index contributed by atoms with van der Waals surface area (Å²) >= 11 is 0. The van der Waals surface area contributed by atoms with Crippen LogP contribution in [0.25, 0.3) is 0 Å². The van der Waals surface area contributed by atoms with Gasteiger partial charge in [-0.3, -0.25) is 4.79 Å². The highest BCUT2D eigenvalue weighted by molar-refractivity contribution is 5.80. The first-order valence-electron chi connectivity index (χ1n) is 6.71. The van der Waals surface area contributed by atoms with Crippen LogP contribution >= 0.6 is 0 Å². The SMILES string of the molecule is CCCCCCC(=O)Cc1ccc(C)c(C)c1. The maximum Gasteiger partial charge on any atom is 0.137 e. The molecule has 94 valence electrons. The maximum atomic E-state index is 11.8. The summed E-state index contributed by atoms with van der Waals surface area (Å²) in [6, 6.07) is 6.32. The molecule has 17 heavy (non-hydrogen) atoms. The second-order valence-electron chi connectivity index (χ2n) is 4.94. The second kappa shape index (κ2) is 7.26. The van der Waals surface area contributed by atoms with Crippen molar-refractivity contribution in [3.63, 3.8) is 0 Å². The van der Waals surface area contributed by atoms with E-state index in [4.69, 9.17) is 0 Å². The number of Topliss-reactive ketones (excluding diaryl/α,β-unsaturated/α-hetero) is 1. The Balaban J connectivity index is 2.37. The lowest BCUT2D eigenvalue weighted by atomic mass is 10.0. The molecule has 0 N–H and O–H groups in total. The fraction of sp³-hybridized carbons (Fsp3) is 0.562. The lowest BCUT2D eigenvalue weighted by Crippen LogP contribution is -2.03. The van der Waals surface area contributed by atoms with Gasteiger partial charge in [0.05, 0.1) is 0 Å². The quantitative estimate of drug-likeness (QED) is 0.637. The minimum absolute atomic E-state index is 0.379. The summed E-state index contributed by atoms with van der Waals surface area (Å²) < 4.78 is 0. The molecule has 0 unspecified atom stereocenters. The first-order valence-corrected chi connectivity index (χ1v) is 6.71. The zero-order valence-electron chi connectivity index (χ0n) is 11.4. The molecule has 0 bridgehead atoms. The van der Waals surface area contributed by atoms with Crippen LogP contribution in [-0.4, -0.2) is 5.78 Å². The van der Waals surface area contributed by atoms with E-state index >= 15 is 0 Å². The number of ketones is 1. The van der Waals surface area contributed by atoms with Crippen LogP contribution in [0, 0.1) is 13.8 Å². The van der Waals surface area contributed by atoms with Crippen molar-refractivity contribution in [1.29, 1.82) is 0 Å². The average Bonchev–Trinajstić information content (AvgIpc) is 2.30. The molecule has 0 atom stereocenters. The van der Waals surface area contributed by atoms with Gasteiger partial charge in [0.2, 0.25) is 0 Å². The zero-order chi connectivity index (χ0) is 12.7. The number of carbonyl (C=O) groups is 1. The summed E-state index contributed by atoms with van der Waals surface area (Å²) in [7, 11) is 0. The van der Waals surface area contributed by atoms with Crippen LogP contribution in [0.2, 0.25) is 0 Å². The van der Waals surface area contributed by atoms with Gasteiger partial charge >= 0.3 is 0 Å². The van der Waals surface area contributed by atoms with Crippen molar-refractivity contribution in [3.8, 4) is 0 Å². The summed E-state index contributed by atoms with van der Waals surface area (Å²) in [4.78, 5) is 11.8. The first kappa shape index (κ1) is 14.0.